The molecule has 1 atom stereocenters. The second kappa shape index (κ2) is 9.75. The van der Waals surface area contributed by atoms with Crippen LogP contribution in [0.25, 0.3) is 0 Å². The summed E-state index contributed by atoms with van der Waals surface area (Å²) in [6, 6.07) is 14.0. The number of benzene rings is 2. The molecule has 3 rings (SSSR count). The zero-order valence-corrected chi connectivity index (χ0v) is 16.3. The summed E-state index contributed by atoms with van der Waals surface area (Å²) in [5, 5.41) is 4.88. The molecule has 150 valence electrons. The number of hydrogen-bond acceptors (Lipinski definition) is 1. The Morgan fingerprint density at radius 2 is 1.89 bits per heavy atom. The lowest BCUT2D eigenvalue weighted by molar-refractivity contribution is -0.918. The van der Waals surface area contributed by atoms with Crippen molar-refractivity contribution >= 4 is 5.91 Å². The number of carbonyl (C=O) groups is 1. The van der Waals surface area contributed by atoms with Gasteiger partial charge < -0.3 is 15.5 Å². The summed E-state index contributed by atoms with van der Waals surface area (Å²) in [7, 11) is 0. The number of quaternary nitrogens is 2. The molecule has 1 heterocycles. The molecule has 2 aromatic rings. The van der Waals surface area contributed by atoms with Crippen LogP contribution < -0.4 is 15.5 Å². The topological polar surface area (TPSA) is 50.1 Å². The molecule has 0 saturated carbocycles. The van der Waals surface area contributed by atoms with E-state index < -0.39 is 11.6 Å². The Bertz CT molecular complexity index is 777. The fraction of sp³-hybridized carbons (Fsp3) is 0.409. The first kappa shape index (κ1) is 20.4. The van der Waals surface area contributed by atoms with Crippen molar-refractivity contribution in [3.63, 3.8) is 0 Å². The lowest BCUT2D eigenvalue weighted by atomic mass is 10.0. The molecule has 0 radical (unpaired) electrons. The number of carbonyl (C=O) groups excluding carboxylic acids is 1. The maximum absolute atomic E-state index is 13.8. The Morgan fingerprint density at radius 1 is 1.18 bits per heavy atom. The third kappa shape index (κ3) is 5.84. The van der Waals surface area contributed by atoms with Gasteiger partial charge in [0.25, 0.3) is 5.91 Å². The van der Waals surface area contributed by atoms with Crippen molar-refractivity contribution in [2.45, 2.75) is 38.4 Å². The van der Waals surface area contributed by atoms with Crippen LogP contribution in [0.2, 0.25) is 0 Å². The standard InChI is InChI=1S/C22H27F2N3O/c1-16(20-8-7-18(23)13-21(20)24)25-14-22(28)26-19-9-11-27(12-10-19)15-17-5-3-2-4-6-17/h2-8,13,16,19,25H,9-12,14-15H2,1H3,(H,26,28)/p+2/t16-/m0/s1. The Hall–Kier alpha value is -2.31. The van der Waals surface area contributed by atoms with Gasteiger partial charge in [0.2, 0.25) is 0 Å². The molecular formula is C22H29F2N3O+2. The number of hydrogen-bond donors (Lipinski definition) is 3. The second-order valence-electron chi connectivity index (χ2n) is 7.65. The van der Waals surface area contributed by atoms with Gasteiger partial charge in [0.15, 0.2) is 6.54 Å². The van der Waals surface area contributed by atoms with Gasteiger partial charge in [0, 0.05) is 36.1 Å². The molecule has 6 heteroatoms. The van der Waals surface area contributed by atoms with E-state index in [4.69, 9.17) is 0 Å². The minimum Gasteiger partial charge on any atom is -0.348 e. The molecule has 1 fully saturated rings. The minimum atomic E-state index is -0.591. The molecule has 4 nitrogen and oxygen atoms in total. The van der Waals surface area contributed by atoms with E-state index in [0.717, 1.165) is 38.5 Å². The monoisotopic (exact) mass is 389 g/mol. The highest BCUT2D eigenvalue weighted by atomic mass is 19.1. The van der Waals surface area contributed by atoms with Crippen LogP contribution in [-0.2, 0) is 11.3 Å². The first-order valence-corrected chi connectivity index (χ1v) is 9.96. The van der Waals surface area contributed by atoms with Crippen LogP contribution in [0.4, 0.5) is 8.78 Å². The van der Waals surface area contributed by atoms with Crippen molar-refractivity contribution in [2.75, 3.05) is 19.6 Å². The van der Waals surface area contributed by atoms with E-state index in [1.165, 1.54) is 17.7 Å². The van der Waals surface area contributed by atoms with Gasteiger partial charge >= 0.3 is 0 Å². The van der Waals surface area contributed by atoms with Crippen molar-refractivity contribution in [3.8, 4) is 0 Å². The Kier molecular flexibility index (Phi) is 7.12. The number of nitrogens with two attached hydrogens (primary N) is 1. The quantitative estimate of drug-likeness (QED) is 0.649. The number of rotatable bonds is 7. The van der Waals surface area contributed by atoms with Crippen LogP contribution >= 0.6 is 0 Å². The maximum Gasteiger partial charge on any atom is 0.275 e. The van der Waals surface area contributed by atoms with E-state index in [-0.39, 0.29) is 24.5 Å². The Balaban J connectivity index is 1.38. The van der Waals surface area contributed by atoms with Crippen LogP contribution in [0.15, 0.2) is 48.5 Å². The molecule has 0 unspecified atom stereocenters. The summed E-state index contributed by atoms with van der Waals surface area (Å²) in [4.78, 5) is 13.8. The molecule has 1 aliphatic rings. The lowest BCUT2D eigenvalue weighted by Gasteiger charge is -2.29. The first-order valence-electron chi connectivity index (χ1n) is 9.96. The summed E-state index contributed by atoms with van der Waals surface area (Å²) in [6.45, 7) is 5.15. The molecule has 1 aliphatic heterocycles. The zero-order chi connectivity index (χ0) is 19.9. The fourth-order valence-electron chi connectivity index (χ4n) is 3.80. The van der Waals surface area contributed by atoms with Crippen molar-refractivity contribution in [2.24, 2.45) is 0 Å². The smallest absolute Gasteiger partial charge is 0.275 e. The van der Waals surface area contributed by atoms with E-state index in [0.29, 0.717) is 5.56 Å². The third-order valence-corrected chi connectivity index (χ3v) is 5.46. The molecule has 1 amide bonds. The summed E-state index contributed by atoms with van der Waals surface area (Å²) < 4.78 is 26.8. The lowest BCUT2D eigenvalue weighted by Crippen LogP contribution is -3.12. The molecule has 0 bridgehead atoms. The summed E-state index contributed by atoms with van der Waals surface area (Å²) >= 11 is 0. The van der Waals surface area contributed by atoms with Crippen LogP contribution in [-0.4, -0.2) is 31.6 Å². The highest BCUT2D eigenvalue weighted by Gasteiger charge is 2.24. The van der Waals surface area contributed by atoms with Gasteiger partial charge in [-0.3, -0.25) is 4.79 Å². The van der Waals surface area contributed by atoms with Crippen LogP contribution in [0.5, 0.6) is 0 Å². The second-order valence-corrected chi connectivity index (χ2v) is 7.65. The van der Waals surface area contributed by atoms with E-state index in [1.807, 2.05) is 13.0 Å². The number of nitrogens with one attached hydrogen (secondary N) is 2. The van der Waals surface area contributed by atoms with Gasteiger partial charge in [-0.1, -0.05) is 30.3 Å². The van der Waals surface area contributed by atoms with Gasteiger partial charge in [-0.25, -0.2) is 8.78 Å². The van der Waals surface area contributed by atoms with E-state index >= 15 is 0 Å². The number of amides is 1. The van der Waals surface area contributed by atoms with Gasteiger partial charge in [-0.2, -0.15) is 0 Å². The summed E-state index contributed by atoms with van der Waals surface area (Å²) in [6.07, 6.45) is 1.94. The molecular weight excluding hydrogens is 360 g/mol. The van der Waals surface area contributed by atoms with Crippen molar-refractivity contribution < 1.29 is 23.8 Å². The van der Waals surface area contributed by atoms with Crippen molar-refractivity contribution in [1.29, 1.82) is 0 Å². The molecule has 28 heavy (non-hydrogen) atoms. The van der Waals surface area contributed by atoms with Crippen molar-refractivity contribution in [3.05, 3.63) is 71.3 Å². The van der Waals surface area contributed by atoms with E-state index in [1.54, 1.807) is 10.2 Å². The van der Waals surface area contributed by atoms with Gasteiger partial charge in [0.1, 0.15) is 24.2 Å². The largest absolute Gasteiger partial charge is 0.348 e. The average Bonchev–Trinajstić information content (AvgIpc) is 2.68. The van der Waals surface area contributed by atoms with Gasteiger partial charge in [0.05, 0.1) is 13.1 Å². The highest BCUT2D eigenvalue weighted by molar-refractivity contribution is 5.77. The zero-order valence-electron chi connectivity index (χ0n) is 16.3. The molecule has 0 aromatic heterocycles. The number of piperidine rings is 1. The van der Waals surface area contributed by atoms with Crippen LogP contribution in [0, 0.1) is 11.6 Å². The van der Waals surface area contributed by atoms with Crippen LogP contribution in [0.1, 0.15) is 36.9 Å². The third-order valence-electron chi connectivity index (χ3n) is 5.46. The number of likely N-dealkylation sites (tertiary alicyclic amines) is 1. The fourth-order valence-corrected chi connectivity index (χ4v) is 3.80. The molecule has 1 saturated heterocycles. The molecule has 2 aromatic carbocycles. The summed E-state index contributed by atoms with van der Waals surface area (Å²) in [5.74, 6) is -1.20. The Morgan fingerprint density at radius 3 is 2.57 bits per heavy atom. The normalized spacial score (nSPS) is 20.5. The predicted molar refractivity (Wildman–Crippen MR) is 104 cm³/mol. The Labute approximate surface area is 164 Å². The van der Waals surface area contributed by atoms with Gasteiger partial charge in [-0.05, 0) is 19.1 Å². The predicted octanol–water partition coefficient (Wildman–Crippen LogP) is 0.953. The molecule has 4 N–H and O–H groups in total. The molecule has 0 aliphatic carbocycles. The SMILES string of the molecule is C[C@H]([NH2+]CC(=O)NC1CC[NH+](Cc2ccccc2)CC1)c1ccc(F)cc1F. The van der Waals surface area contributed by atoms with Crippen LogP contribution in [0.3, 0.4) is 0 Å². The minimum absolute atomic E-state index is 0.0362. The van der Waals surface area contributed by atoms with Crippen molar-refractivity contribution in [1.82, 2.24) is 5.32 Å². The number of halogens is 2. The van der Waals surface area contributed by atoms with Gasteiger partial charge in [-0.15, -0.1) is 0 Å². The molecule has 0 spiro atoms. The van der Waals surface area contributed by atoms with E-state index in [9.17, 15) is 13.6 Å². The average molecular weight is 389 g/mol. The highest BCUT2D eigenvalue weighted by Crippen LogP contribution is 2.14. The maximum atomic E-state index is 13.8. The first-order chi connectivity index (χ1) is 13.5. The summed E-state index contributed by atoms with van der Waals surface area (Å²) in [5.41, 5.74) is 1.75. The van der Waals surface area contributed by atoms with E-state index in [2.05, 4.69) is 29.6 Å².